The summed E-state index contributed by atoms with van der Waals surface area (Å²) in [6.45, 7) is 2.18. The monoisotopic (exact) mass is 275 g/mol. The standard InChI is InChI=1S/C12H13N5OS/c13-5-9-1-4-19-12(9)16-11(18)8-17-3-2-15-7-10(17)6-14/h1,4,10,15H,2-3,7-8H2,(H,16,18). The van der Waals surface area contributed by atoms with E-state index in [0.717, 1.165) is 6.54 Å². The highest BCUT2D eigenvalue weighted by Gasteiger charge is 2.23. The first-order valence-electron chi connectivity index (χ1n) is 5.86. The van der Waals surface area contributed by atoms with Crippen molar-refractivity contribution in [3.63, 3.8) is 0 Å². The number of anilines is 1. The number of carbonyl (C=O) groups is 1. The molecule has 1 aromatic heterocycles. The van der Waals surface area contributed by atoms with Gasteiger partial charge < -0.3 is 10.6 Å². The van der Waals surface area contributed by atoms with Crippen molar-refractivity contribution in [1.82, 2.24) is 10.2 Å². The van der Waals surface area contributed by atoms with E-state index in [9.17, 15) is 4.79 Å². The largest absolute Gasteiger partial charge is 0.315 e. The zero-order valence-corrected chi connectivity index (χ0v) is 11.0. The topological polar surface area (TPSA) is 91.9 Å². The first-order chi connectivity index (χ1) is 9.24. The van der Waals surface area contributed by atoms with Crippen molar-refractivity contribution in [2.45, 2.75) is 6.04 Å². The van der Waals surface area contributed by atoms with Crippen LogP contribution in [0.1, 0.15) is 5.56 Å². The van der Waals surface area contributed by atoms with Crippen LogP contribution in [0.5, 0.6) is 0 Å². The van der Waals surface area contributed by atoms with Crippen molar-refractivity contribution in [3.8, 4) is 12.1 Å². The molecule has 0 spiro atoms. The lowest BCUT2D eigenvalue weighted by molar-refractivity contribution is -0.117. The number of hydrogen-bond donors (Lipinski definition) is 2. The van der Waals surface area contributed by atoms with E-state index in [1.807, 2.05) is 11.0 Å². The van der Waals surface area contributed by atoms with Crippen LogP contribution in [-0.4, -0.2) is 43.0 Å². The van der Waals surface area contributed by atoms with Gasteiger partial charge in [-0.15, -0.1) is 11.3 Å². The summed E-state index contributed by atoms with van der Waals surface area (Å²) >= 11 is 1.32. The predicted octanol–water partition coefficient (Wildman–Crippen LogP) is 0.356. The van der Waals surface area contributed by atoms with Gasteiger partial charge in [-0.3, -0.25) is 9.69 Å². The number of piperazine rings is 1. The highest BCUT2D eigenvalue weighted by atomic mass is 32.1. The van der Waals surface area contributed by atoms with Crippen LogP contribution in [0, 0.1) is 22.7 Å². The molecule has 0 saturated carbocycles. The first-order valence-corrected chi connectivity index (χ1v) is 6.74. The quantitative estimate of drug-likeness (QED) is 0.830. The van der Waals surface area contributed by atoms with Crippen molar-refractivity contribution < 1.29 is 4.79 Å². The number of nitrogens with zero attached hydrogens (tertiary/aromatic N) is 3. The molecule has 7 heteroatoms. The van der Waals surface area contributed by atoms with E-state index in [0.29, 0.717) is 23.7 Å². The highest BCUT2D eigenvalue weighted by Crippen LogP contribution is 2.22. The molecular weight excluding hydrogens is 262 g/mol. The van der Waals surface area contributed by atoms with Gasteiger partial charge in [-0.25, -0.2) is 0 Å². The van der Waals surface area contributed by atoms with E-state index >= 15 is 0 Å². The van der Waals surface area contributed by atoms with Crippen LogP contribution in [0.3, 0.4) is 0 Å². The minimum atomic E-state index is -0.279. The second-order valence-electron chi connectivity index (χ2n) is 4.14. The van der Waals surface area contributed by atoms with Gasteiger partial charge in [-0.05, 0) is 11.4 Å². The highest BCUT2D eigenvalue weighted by molar-refractivity contribution is 7.14. The molecule has 6 nitrogen and oxygen atoms in total. The van der Waals surface area contributed by atoms with E-state index in [4.69, 9.17) is 10.5 Å². The lowest BCUT2D eigenvalue weighted by Crippen LogP contribution is -2.52. The number of thiophene rings is 1. The van der Waals surface area contributed by atoms with Gasteiger partial charge in [0.15, 0.2) is 0 Å². The average molecular weight is 275 g/mol. The van der Waals surface area contributed by atoms with Crippen LogP contribution >= 0.6 is 11.3 Å². The fourth-order valence-electron chi connectivity index (χ4n) is 1.91. The number of amides is 1. The molecule has 2 rings (SSSR count). The normalized spacial score (nSPS) is 19.4. The maximum atomic E-state index is 11.9. The fourth-order valence-corrected chi connectivity index (χ4v) is 2.66. The molecule has 0 aromatic carbocycles. The van der Waals surface area contributed by atoms with Gasteiger partial charge in [0.2, 0.25) is 5.91 Å². The summed E-state index contributed by atoms with van der Waals surface area (Å²) in [7, 11) is 0. The number of nitrogens with one attached hydrogen (secondary N) is 2. The van der Waals surface area contributed by atoms with Gasteiger partial charge in [0, 0.05) is 19.6 Å². The van der Waals surface area contributed by atoms with E-state index < -0.39 is 0 Å². The SMILES string of the molecule is N#Cc1ccsc1NC(=O)CN1CCNCC1C#N. The average Bonchev–Trinajstić information content (AvgIpc) is 2.86. The van der Waals surface area contributed by atoms with Crippen molar-refractivity contribution >= 4 is 22.2 Å². The van der Waals surface area contributed by atoms with E-state index in [2.05, 4.69) is 16.7 Å². The van der Waals surface area contributed by atoms with Crippen LogP contribution in [0.15, 0.2) is 11.4 Å². The third kappa shape index (κ3) is 3.30. The fraction of sp³-hybridized carbons (Fsp3) is 0.417. The zero-order chi connectivity index (χ0) is 13.7. The molecule has 1 fully saturated rings. The lowest BCUT2D eigenvalue weighted by Gasteiger charge is -2.31. The summed E-state index contributed by atoms with van der Waals surface area (Å²) in [5.74, 6) is -0.193. The van der Waals surface area contributed by atoms with E-state index in [1.54, 1.807) is 11.4 Å². The maximum Gasteiger partial charge on any atom is 0.239 e. The Morgan fingerprint density at radius 3 is 3.21 bits per heavy atom. The minimum Gasteiger partial charge on any atom is -0.315 e. The third-order valence-corrected chi connectivity index (χ3v) is 3.72. The molecule has 0 bridgehead atoms. The first kappa shape index (κ1) is 13.5. The van der Waals surface area contributed by atoms with E-state index in [-0.39, 0.29) is 18.5 Å². The Balaban J connectivity index is 1.94. The van der Waals surface area contributed by atoms with Crippen molar-refractivity contribution in [2.24, 2.45) is 0 Å². The summed E-state index contributed by atoms with van der Waals surface area (Å²) in [5, 5.41) is 26.0. The molecule has 0 aliphatic carbocycles. The number of hydrogen-bond acceptors (Lipinski definition) is 6. The van der Waals surface area contributed by atoms with E-state index in [1.165, 1.54) is 11.3 Å². The van der Waals surface area contributed by atoms with Gasteiger partial charge in [0.1, 0.15) is 17.1 Å². The molecule has 0 radical (unpaired) electrons. The Kier molecular flexibility index (Phi) is 4.48. The Bertz CT molecular complexity index is 541. The number of rotatable bonds is 3. The molecule has 1 amide bonds. The Morgan fingerprint density at radius 1 is 1.63 bits per heavy atom. The molecule has 1 unspecified atom stereocenters. The smallest absolute Gasteiger partial charge is 0.239 e. The van der Waals surface area contributed by atoms with Crippen molar-refractivity contribution in [2.75, 3.05) is 31.5 Å². The summed E-state index contributed by atoms with van der Waals surface area (Å²) < 4.78 is 0. The molecule has 1 aromatic rings. The summed E-state index contributed by atoms with van der Waals surface area (Å²) in [6, 6.07) is 5.59. The van der Waals surface area contributed by atoms with Gasteiger partial charge in [0.25, 0.3) is 0 Å². The summed E-state index contributed by atoms with van der Waals surface area (Å²) in [6.07, 6.45) is 0. The molecule has 1 aliphatic heterocycles. The zero-order valence-electron chi connectivity index (χ0n) is 10.2. The third-order valence-electron chi connectivity index (χ3n) is 2.89. The molecule has 2 N–H and O–H groups in total. The van der Waals surface area contributed by atoms with Gasteiger partial charge in [-0.1, -0.05) is 0 Å². The predicted molar refractivity (Wildman–Crippen MR) is 71.5 cm³/mol. The van der Waals surface area contributed by atoms with Crippen LogP contribution in [-0.2, 0) is 4.79 Å². The Hall–Kier alpha value is -1.93. The van der Waals surface area contributed by atoms with Crippen molar-refractivity contribution in [3.05, 3.63) is 17.0 Å². The van der Waals surface area contributed by atoms with Crippen LogP contribution in [0.25, 0.3) is 0 Å². The molecular formula is C12H13N5OS. The van der Waals surface area contributed by atoms with Crippen LogP contribution in [0.4, 0.5) is 5.00 Å². The molecule has 1 aliphatic rings. The van der Waals surface area contributed by atoms with Gasteiger partial charge >= 0.3 is 0 Å². The minimum absolute atomic E-state index is 0.169. The molecule has 98 valence electrons. The number of carbonyl (C=O) groups excluding carboxylic acids is 1. The van der Waals surface area contributed by atoms with Crippen LogP contribution in [0.2, 0.25) is 0 Å². The molecule has 2 heterocycles. The Morgan fingerprint density at radius 2 is 2.47 bits per heavy atom. The molecule has 1 atom stereocenters. The lowest BCUT2D eigenvalue weighted by atomic mass is 10.2. The second-order valence-corrected chi connectivity index (χ2v) is 5.06. The van der Waals surface area contributed by atoms with Crippen LogP contribution < -0.4 is 10.6 Å². The summed E-state index contributed by atoms with van der Waals surface area (Å²) in [4.78, 5) is 13.8. The van der Waals surface area contributed by atoms with Gasteiger partial charge in [0.05, 0.1) is 18.2 Å². The number of nitriles is 2. The van der Waals surface area contributed by atoms with Crippen molar-refractivity contribution in [1.29, 1.82) is 10.5 Å². The van der Waals surface area contributed by atoms with Gasteiger partial charge in [-0.2, -0.15) is 10.5 Å². The molecule has 1 saturated heterocycles. The molecule has 19 heavy (non-hydrogen) atoms. The summed E-state index contributed by atoms with van der Waals surface area (Å²) in [5.41, 5.74) is 0.468. The maximum absolute atomic E-state index is 11.9. The Labute approximate surface area is 115 Å². The second kappa shape index (κ2) is 6.30.